The summed E-state index contributed by atoms with van der Waals surface area (Å²) in [4.78, 5) is 7.69. The quantitative estimate of drug-likeness (QED) is 0.777. The third-order valence-corrected chi connectivity index (χ3v) is 7.49. The van der Waals surface area contributed by atoms with Crippen molar-refractivity contribution in [3.63, 3.8) is 0 Å². The van der Waals surface area contributed by atoms with E-state index >= 15 is 0 Å². The van der Waals surface area contributed by atoms with Crippen LogP contribution in [-0.4, -0.2) is 86.8 Å². The zero-order valence-corrected chi connectivity index (χ0v) is 16.6. The van der Waals surface area contributed by atoms with Crippen molar-refractivity contribution in [3.8, 4) is 0 Å². The topological polar surface area (TPSA) is 19.0 Å². The molecule has 1 saturated carbocycles. The number of piperidine rings is 2. The van der Waals surface area contributed by atoms with Crippen molar-refractivity contribution < 1.29 is 4.74 Å². The normalized spacial score (nSPS) is 35.8. The molecule has 1 aliphatic carbocycles. The molecule has 0 N–H and O–H groups in total. The van der Waals surface area contributed by atoms with Crippen molar-refractivity contribution in [2.24, 2.45) is 11.3 Å². The smallest absolute Gasteiger partial charge is 0.0603 e. The first-order valence-electron chi connectivity index (χ1n) is 10.9. The highest BCUT2D eigenvalue weighted by molar-refractivity contribution is 4.97. The summed E-state index contributed by atoms with van der Waals surface area (Å²) in [5, 5.41) is 0. The Labute approximate surface area is 154 Å². The Kier molecular flexibility index (Phi) is 5.71. The Bertz CT molecular complexity index is 411. The molecule has 0 atom stereocenters. The summed E-state index contributed by atoms with van der Waals surface area (Å²) < 4.78 is 6.43. The lowest BCUT2D eigenvalue weighted by molar-refractivity contribution is -0.0632. The van der Waals surface area contributed by atoms with Crippen LogP contribution < -0.4 is 0 Å². The van der Waals surface area contributed by atoms with Gasteiger partial charge in [0.15, 0.2) is 0 Å². The molecule has 4 nitrogen and oxygen atoms in total. The second-order valence-electron chi connectivity index (χ2n) is 9.75. The molecule has 4 aliphatic rings. The van der Waals surface area contributed by atoms with Gasteiger partial charge in [-0.25, -0.2) is 0 Å². The maximum atomic E-state index is 6.43. The first-order chi connectivity index (χ1) is 12.1. The molecule has 1 spiro atoms. The van der Waals surface area contributed by atoms with Gasteiger partial charge in [0.25, 0.3) is 0 Å². The van der Waals surface area contributed by atoms with E-state index < -0.39 is 0 Å². The monoisotopic (exact) mass is 349 g/mol. The summed E-state index contributed by atoms with van der Waals surface area (Å²) in [5.74, 6) is 0.926. The lowest BCUT2D eigenvalue weighted by Gasteiger charge is -2.53. The van der Waals surface area contributed by atoms with Gasteiger partial charge in [0, 0.05) is 32.7 Å². The Hall–Kier alpha value is -0.160. The molecule has 0 radical (unpaired) electrons. The van der Waals surface area contributed by atoms with E-state index in [4.69, 9.17) is 4.74 Å². The molecule has 0 aromatic heterocycles. The molecule has 0 aromatic carbocycles. The highest BCUT2D eigenvalue weighted by Crippen LogP contribution is 2.40. The summed E-state index contributed by atoms with van der Waals surface area (Å²) in [6.45, 7) is 9.17. The van der Waals surface area contributed by atoms with Crippen LogP contribution in [0.25, 0.3) is 0 Å². The highest BCUT2D eigenvalue weighted by Gasteiger charge is 2.43. The molecule has 3 aliphatic heterocycles. The summed E-state index contributed by atoms with van der Waals surface area (Å²) in [6, 6.07) is 0. The largest absolute Gasteiger partial charge is 0.375 e. The molecule has 4 heteroatoms. The van der Waals surface area contributed by atoms with Crippen LogP contribution in [0.5, 0.6) is 0 Å². The second kappa shape index (κ2) is 7.84. The maximum absolute atomic E-state index is 6.43. The summed E-state index contributed by atoms with van der Waals surface area (Å²) in [6.07, 6.45) is 11.8. The molecule has 0 bridgehead atoms. The molecular weight excluding hydrogens is 310 g/mol. The van der Waals surface area contributed by atoms with Gasteiger partial charge in [0.2, 0.25) is 0 Å². The van der Waals surface area contributed by atoms with Gasteiger partial charge in [-0.15, -0.1) is 0 Å². The second-order valence-corrected chi connectivity index (χ2v) is 9.75. The predicted octanol–water partition coefficient (Wildman–Crippen LogP) is 2.68. The average molecular weight is 350 g/mol. The van der Waals surface area contributed by atoms with Crippen molar-refractivity contribution in [1.29, 1.82) is 0 Å². The van der Waals surface area contributed by atoms with E-state index in [1.807, 2.05) is 0 Å². The van der Waals surface area contributed by atoms with Crippen LogP contribution in [0.15, 0.2) is 0 Å². The first kappa shape index (κ1) is 18.2. The van der Waals surface area contributed by atoms with Crippen LogP contribution in [0.3, 0.4) is 0 Å². The van der Waals surface area contributed by atoms with Crippen molar-refractivity contribution in [1.82, 2.24) is 14.7 Å². The minimum atomic E-state index is 0.539. The summed E-state index contributed by atoms with van der Waals surface area (Å²) >= 11 is 0. The number of hydrogen-bond donors (Lipinski definition) is 0. The Balaban J connectivity index is 1.13. The minimum absolute atomic E-state index is 0.539. The fourth-order valence-electron chi connectivity index (χ4n) is 5.83. The van der Waals surface area contributed by atoms with E-state index in [-0.39, 0.29) is 0 Å². The molecule has 4 rings (SSSR count). The lowest BCUT2D eigenvalue weighted by Crippen LogP contribution is -2.59. The van der Waals surface area contributed by atoms with Crippen LogP contribution in [0.1, 0.15) is 51.4 Å². The third kappa shape index (κ3) is 4.58. The zero-order chi connectivity index (χ0) is 17.3. The maximum Gasteiger partial charge on any atom is 0.0603 e. The first-order valence-corrected chi connectivity index (χ1v) is 10.9. The number of rotatable bonds is 4. The molecule has 3 saturated heterocycles. The van der Waals surface area contributed by atoms with E-state index in [9.17, 15) is 0 Å². The molecule has 4 fully saturated rings. The average Bonchev–Trinajstić information content (AvgIpc) is 2.59. The van der Waals surface area contributed by atoms with E-state index in [2.05, 4.69) is 28.8 Å². The predicted molar refractivity (Wildman–Crippen MR) is 103 cm³/mol. The Morgan fingerprint density at radius 1 is 0.760 bits per heavy atom. The van der Waals surface area contributed by atoms with Crippen LogP contribution in [0.4, 0.5) is 0 Å². The number of hydrogen-bond acceptors (Lipinski definition) is 4. The van der Waals surface area contributed by atoms with Crippen molar-refractivity contribution >= 4 is 0 Å². The Morgan fingerprint density at radius 2 is 1.36 bits per heavy atom. The van der Waals surface area contributed by atoms with Gasteiger partial charge in [0.1, 0.15) is 0 Å². The van der Waals surface area contributed by atoms with Gasteiger partial charge in [-0.05, 0) is 89.9 Å². The lowest BCUT2D eigenvalue weighted by atomic mass is 9.72. The molecule has 3 heterocycles. The number of likely N-dealkylation sites (tertiary alicyclic amines) is 3. The van der Waals surface area contributed by atoms with Crippen molar-refractivity contribution in [2.75, 3.05) is 59.9 Å². The van der Waals surface area contributed by atoms with E-state index in [0.717, 1.165) is 5.92 Å². The zero-order valence-electron chi connectivity index (χ0n) is 16.6. The fourth-order valence-corrected chi connectivity index (χ4v) is 5.83. The van der Waals surface area contributed by atoms with Gasteiger partial charge < -0.3 is 19.4 Å². The minimum Gasteiger partial charge on any atom is -0.375 e. The van der Waals surface area contributed by atoms with Gasteiger partial charge >= 0.3 is 0 Å². The molecule has 25 heavy (non-hydrogen) atoms. The molecule has 0 unspecified atom stereocenters. The summed E-state index contributed by atoms with van der Waals surface area (Å²) in [5.41, 5.74) is 0.699. The SMILES string of the molecule is CN1CCC(OC2CCC(CN3CCC4(CC3)CN(C)C4)CC2)CC1. The fraction of sp³-hybridized carbons (Fsp3) is 1.00. The Morgan fingerprint density at radius 3 is 1.96 bits per heavy atom. The van der Waals surface area contributed by atoms with E-state index in [0.29, 0.717) is 17.6 Å². The molecular formula is C21H39N3O. The van der Waals surface area contributed by atoms with Crippen LogP contribution >= 0.6 is 0 Å². The molecule has 144 valence electrons. The van der Waals surface area contributed by atoms with E-state index in [1.54, 1.807) is 0 Å². The van der Waals surface area contributed by atoms with E-state index in [1.165, 1.54) is 97.2 Å². The highest BCUT2D eigenvalue weighted by atomic mass is 16.5. The van der Waals surface area contributed by atoms with Gasteiger partial charge in [-0.1, -0.05) is 0 Å². The van der Waals surface area contributed by atoms with Gasteiger partial charge in [0.05, 0.1) is 12.2 Å². The number of ether oxygens (including phenoxy) is 1. The molecule has 0 amide bonds. The summed E-state index contributed by atoms with van der Waals surface area (Å²) in [7, 11) is 4.50. The standard InChI is InChI=1S/C21H39N3O/c1-22-11-7-20(8-12-22)25-19-5-3-18(4-6-19)15-24-13-9-21(10-14-24)16-23(2)17-21/h18-20H,3-17H2,1-2H3. The molecule has 0 aromatic rings. The van der Waals surface area contributed by atoms with Gasteiger partial charge in [-0.3, -0.25) is 0 Å². The van der Waals surface area contributed by atoms with Crippen molar-refractivity contribution in [2.45, 2.75) is 63.6 Å². The third-order valence-electron chi connectivity index (χ3n) is 7.49. The van der Waals surface area contributed by atoms with Crippen LogP contribution in [-0.2, 0) is 4.74 Å². The van der Waals surface area contributed by atoms with Crippen LogP contribution in [0.2, 0.25) is 0 Å². The van der Waals surface area contributed by atoms with Gasteiger partial charge in [-0.2, -0.15) is 0 Å². The van der Waals surface area contributed by atoms with Crippen molar-refractivity contribution in [3.05, 3.63) is 0 Å². The number of nitrogens with zero attached hydrogens (tertiary/aromatic N) is 3. The van der Waals surface area contributed by atoms with Crippen LogP contribution in [0, 0.1) is 11.3 Å².